The summed E-state index contributed by atoms with van der Waals surface area (Å²) in [4.78, 5) is 55.5. The smallest absolute Gasteiger partial charge is 0.329 e. The predicted molar refractivity (Wildman–Crippen MR) is 127 cm³/mol. The van der Waals surface area contributed by atoms with Gasteiger partial charge in [0.1, 0.15) is 17.7 Å². The van der Waals surface area contributed by atoms with Gasteiger partial charge in [-0.25, -0.2) is 9.78 Å². The maximum absolute atomic E-state index is 12.7. The van der Waals surface area contributed by atoms with E-state index in [-0.39, 0.29) is 30.1 Å². The molecule has 0 radical (unpaired) electrons. The first-order valence-corrected chi connectivity index (χ1v) is 11.6. The lowest BCUT2D eigenvalue weighted by molar-refractivity contribution is -0.149. The fourth-order valence-electron chi connectivity index (χ4n) is 3.64. The highest BCUT2D eigenvalue weighted by Gasteiger charge is 2.41. The number of carbonyl (C=O) groups is 4. The number of carbonyl (C=O) groups excluding carboxylic acids is 4. The van der Waals surface area contributed by atoms with Crippen molar-refractivity contribution in [2.75, 3.05) is 5.32 Å². The second-order valence-electron chi connectivity index (χ2n) is 8.09. The lowest BCUT2D eigenvalue weighted by Crippen LogP contribution is -2.43. The van der Waals surface area contributed by atoms with Gasteiger partial charge in [0.05, 0.1) is 23.2 Å². The number of thiazole rings is 1. The second-order valence-corrected chi connectivity index (χ2v) is 9.03. The molecule has 1 atom stereocenters. The van der Waals surface area contributed by atoms with Crippen LogP contribution in [0.3, 0.4) is 0 Å². The third kappa shape index (κ3) is 4.74. The Labute approximate surface area is 200 Å². The van der Waals surface area contributed by atoms with Crippen LogP contribution in [-0.2, 0) is 27.4 Å². The number of imide groups is 1. The first-order valence-electron chi connectivity index (χ1n) is 10.7. The minimum atomic E-state index is -1.08. The number of nitrogens with one attached hydrogen (secondary N) is 1. The Morgan fingerprint density at radius 1 is 1.09 bits per heavy atom. The van der Waals surface area contributed by atoms with E-state index in [0.29, 0.717) is 10.7 Å². The zero-order chi connectivity index (χ0) is 24.4. The molecule has 34 heavy (non-hydrogen) atoms. The van der Waals surface area contributed by atoms with E-state index in [1.807, 2.05) is 38.1 Å². The molecule has 0 saturated heterocycles. The molecule has 0 bridgehead atoms. The number of nitrogens with zero attached hydrogens (tertiary/aromatic N) is 2. The number of rotatable bonds is 7. The minimum absolute atomic E-state index is 0.0950. The lowest BCUT2D eigenvalue weighted by atomic mass is 10.1. The molecule has 1 N–H and O–H groups in total. The van der Waals surface area contributed by atoms with Crippen LogP contribution < -0.4 is 5.32 Å². The molecule has 1 aliphatic heterocycles. The van der Waals surface area contributed by atoms with E-state index in [1.165, 1.54) is 18.3 Å². The van der Waals surface area contributed by atoms with Crippen molar-refractivity contribution in [3.8, 4) is 0 Å². The number of amides is 3. The Kier molecular flexibility index (Phi) is 6.56. The van der Waals surface area contributed by atoms with E-state index in [4.69, 9.17) is 4.74 Å². The molecule has 1 aromatic heterocycles. The van der Waals surface area contributed by atoms with E-state index < -0.39 is 23.8 Å². The van der Waals surface area contributed by atoms with Gasteiger partial charge in [-0.3, -0.25) is 19.3 Å². The molecule has 8 nitrogen and oxygen atoms in total. The topological polar surface area (TPSA) is 106 Å². The summed E-state index contributed by atoms with van der Waals surface area (Å²) >= 11 is 1.29. The van der Waals surface area contributed by atoms with Gasteiger partial charge in [0.2, 0.25) is 5.91 Å². The molecule has 3 amide bonds. The highest BCUT2D eigenvalue weighted by molar-refractivity contribution is 7.09. The van der Waals surface area contributed by atoms with Crippen LogP contribution in [0.4, 0.5) is 5.69 Å². The van der Waals surface area contributed by atoms with Gasteiger partial charge in [-0.2, -0.15) is 0 Å². The largest absolute Gasteiger partial charge is 0.458 e. The molecule has 2 aromatic carbocycles. The summed E-state index contributed by atoms with van der Waals surface area (Å²) in [5.41, 5.74) is 3.62. The third-order valence-corrected chi connectivity index (χ3v) is 6.39. The number of aromatic nitrogens is 1. The number of esters is 1. The number of hydrogen-bond donors (Lipinski definition) is 1. The molecular formula is C25H23N3O5S. The lowest BCUT2D eigenvalue weighted by Gasteiger charge is -2.20. The fourth-order valence-corrected chi connectivity index (χ4v) is 4.41. The SMILES string of the molecule is Cc1ccc2c(c1)C(=O)N(C(C)C(=O)OCc1csc(CC(=O)Nc3ccccc3C)n1)C2=O. The molecule has 0 saturated carbocycles. The molecule has 0 aliphatic carbocycles. The Morgan fingerprint density at radius 3 is 2.59 bits per heavy atom. The van der Waals surface area contributed by atoms with Gasteiger partial charge in [-0.05, 0) is 44.5 Å². The van der Waals surface area contributed by atoms with Crippen molar-refractivity contribution in [3.63, 3.8) is 0 Å². The number of aryl methyl sites for hydroxylation is 2. The molecule has 3 aromatic rings. The van der Waals surface area contributed by atoms with Crippen molar-refractivity contribution >= 4 is 40.7 Å². The van der Waals surface area contributed by atoms with Gasteiger partial charge in [0, 0.05) is 11.1 Å². The summed E-state index contributed by atoms with van der Waals surface area (Å²) in [6.07, 6.45) is 0.0950. The van der Waals surface area contributed by atoms with Crippen LogP contribution in [0.5, 0.6) is 0 Å². The summed E-state index contributed by atoms with van der Waals surface area (Å²) < 4.78 is 5.31. The van der Waals surface area contributed by atoms with Crippen LogP contribution >= 0.6 is 11.3 Å². The van der Waals surface area contributed by atoms with Crippen LogP contribution in [-0.4, -0.2) is 39.6 Å². The van der Waals surface area contributed by atoms with E-state index in [1.54, 1.807) is 23.6 Å². The average molecular weight is 478 g/mol. The highest BCUT2D eigenvalue weighted by Crippen LogP contribution is 2.26. The zero-order valence-corrected chi connectivity index (χ0v) is 19.8. The number of benzene rings is 2. The Bertz CT molecular complexity index is 1300. The zero-order valence-electron chi connectivity index (χ0n) is 19.0. The first-order chi connectivity index (χ1) is 16.2. The predicted octanol–water partition coefficient (Wildman–Crippen LogP) is 3.67. The minimum Gasteiger partial charge on any atom is -0.458 e. The van der Waals surface area contributed by atoms with Crippen molar-refractivity contribution < 1.29 is 23.9 Å². The maximum Gasteiger partial charge on any atom is 0.329 e. The standard InChI is InChI=1S/C25H23N3O5S/c1-14-8-9-18-19(10-14)24(31)28(23(18)30)16(3)25(32)33-12-17-13-34-22(26-17)11-21(29)27-20-7-5-4-6-15(20)2/h4-10,13,16H,11-12H2,1-3H3,(H,27,29). The van der Waals surface area contributed by atoms with Gasteiger partial charge in [-0.1, -0.05) is 29.8 Å². The summed E-state index contributed by atoms with van der Waals surface area (Å²) in [7, 11) is 0. The molecule has 2 heterocycles. The Hall–Kier alpha value is -3.85. The van der Waals surface area contributed by atoms with E-state index in [2.05, 4.69) is 10.3 Å². The quantitative estimate of drug-likeness (QED) is 0.411. The third-order valence-electron chi connectivity index (χ3n) is 5.49. The van der Waals surface area contributed by atoms with Gasteiger partial charge in [0.25, 0.3) is 11.8 Å². The molecule has 9 heteroatoms. The number of ether oxygens (including phenoxy) is 1. The first kappa shape index (κ1) is 23.3. The summed E-state index contributed by atoms with van der Waals surface area (Å²) in [5.74, 6) is -1.93. The molecule has 1 unspecified atom stereocenters. The van der Waals surface area contributed by atoms with E-state index in [9.17, 15) is 19.2 Å². The molecule has 0 spiro atoms. The van der Waals surface area contributed by atoms with Crippen molar-refractivity contribution in [1.29, 1.82) is 0 Å². The number of hydrogen-bond acceptors (Lipinski definition) is 7. The monoisotopic (exact) mass is 477 g/mol. The number of anilines is 1. The van der Waals surface area contributed by atoms with Crippen LogP contribution in [0.2, 0.25) is 0 Å². The summed E-state index contributed by atoms with van der Waals surface area (Å²) in [6, 6.07) is 11.4. The van der Waals surface area contributed by atoms with Gasteiger partial charge < -0.3 is 10.1 Å². The highest BCUT2D eigenvalue weighted by atomic mass is 32.1. The molecule has 4 rings (SSSR count). The fraction of sp³-hybridized carbons (Fsp3) is 0.240. The molecule has 0 fully saturated rings. The van der Waals surface area contributed by atoms with Crippen molar-refractivity contribution in [2.45, 2.75) is 39.8 Å². The number of para-hydroxylation sites is 1. The molecular weight excluding hydrogens is 454 g/mol. The van der Waals surface area contributed by atoms with Crippen LogP contribution in [0.25, 0.3) is 0 Å². The van der Waals surface area contributed by atoms with Crippen molar-refractivity contribution in [3.05, 3.63) is 80.8 Å². The van der Waals surface area contributed by atoms with Gasteiger partial charge in [-0.15, -0.1) is 11.3 Å². The summed E-state index contributed by atoms with van der Waals surface area (Å²) in [5, 5.41) is 5.15. The normalized spacial score (nSPS) is 13.6. The van der Waals surface area contributed by atoms with Gasteiger partial charge in [0.15, 0.2) is 0 Å². The van der Waals surface area contributed by atoms with Gasteiger partial charge >= 0.3 is 5.97 Å². The van der Waals surface area contributed by atoms with Crippen molar-refractivity contribution in [2.24, 2.45) is 0 Å². The van der Waals surface area contributed by atoms with Crippen LogP contribution in [0.15, 0.2) is 47.8 Å². The summed E-state index contributed by atoms with van der Waals surface area (Å²) in [6.45, 7) is 5.07. The Morgan fingerprint density at radius 2 is 1.82 bits per heavy atom. The van der Waals surface area contributed by atoms with Crippen LogP contribution in [0.1, 0.15) is 49.5 Å². The second kappa shape index (κ2) is 9.56. The average Bonchev–Trinajstić information content (AvgIpc) is 3.34. The molecule has 174 valence electrons. The van der Waals surface area contributed by atoms with E-state index in [0.717, 1.165) is 21.7 Å². The molecule has 1 aliphatic rings. The maximum atomic E-state index is 12.7. The number of fused-ring (bicyclic) bond motifs is 1. The van der Waals surface area contributed by atoms with Crippen LogP contribution in [0, 0.1) is 13.8 Å². The van der Waals surface area contributed by atoms with E-state index >= 15 is 0 Å². The Balaban J connectivity index is 1.32. The van der Waals surface area contributed by atoms with Crippen molar-refractivity contribution in [1.82, 2.24) is 9.88 Å².